The highest BCUT2D eigenvalue weighted by molar-refractivity contribution is 7.99. The topological polar surface area (TPSA) is 49.4 Å². The average molecular weight is 489 g/mol. The Morgan fingerprint density at radius 3 is 2.11 bits per heavy atom. The number of hydrogen-bond donors (Lipinski definition) is 1. The van der Waals surface area contributed by atoms with Gasteiger partial charge in [-0.15, -0.1) is 11.8 Å². The van der Waals surface area contributed by atoms with Crippen LogP contribution in [-0.4, -0.2) is 35.1 Å². The van der Waals surface area contributed by atoms with Crippen LogP contribution < -0.4 is 5.32 Å². The van der Waals surface area contributed by atoms with Crippen LogP contribution in [0, 0.1) is 12.8 Å². The Labute approximate surface area is 214 Å². The van der Waals surface area contributed by atoms with Gasteiger partial charge in [0, 0.05) is 25.3 Å². The van der Waals surface area contributed by atoms with Gasteiger partial charge in [-0.05, 0) is 29.5 Å². The van der Waals surface area contributed by atoms with E-state index in [1.54, 1.807) is 16.7 Å². The lowest BCUT2D eigenvalue weighted by molar-refractivity contribution is -0.139. The standard InChI is InChI=1S/C30H36N2O2S/c1-23(2)19-31-30(34)28(18-25-12-6-4-7-13-25)32(20-27-16-10-11-24(3)17-27)29(33)22-35-21-26-14-8-5-9-15-26/h4-17,23,28H,18-22H2,1-3H3,(H,31,34)/t28-/m1/s1. The van der Waals surface area contributed by atoms with E-state index in [4.69, 9.17) is 0 Å². The van der Waals surface area contributed by atoms with Crippen molar-refractivity contribution in [2.75, 3.05) is 12.3 Å². The molecule has 0 fully saturated rings. The van der Waals surface area contributed by atoms with Crippen LogP contribution in [0.5, 0.6) is 0 Å². The van der Waals surface area contributed by atoms with Gasteiger partial charge in [0.15, 0.2) is 0 Å². The fraction of sp³-hybridized carbons (Fsp3) is 0.333. The molecule has 0 bridgehead atoms. The maximum absolute atomic E-state index is 13.6. The Kier molecular flexibility index (Phi) is 10.4. The lowest BCUT2D eigenvalue weighted by Gasteiger charge is -2.32. The van der Waals surface area contributed by atoms with E-state index in [1.807, 2.05) is 73.7 Å². The van der Waals surface area contributed by atoms with Crippen LogP contribution in [0.25, 0.3) is 0 Å². The zero-order chi connectivity index (χ0) is 25.0. The fourth-order valence-corrected chi connectivity index (χ4v) is 4.77. The van der Waals surface area contributed by atoms with Crippen LogP contribution in [0.2, 0.25) is 0 Å². The average Bonchev–Trinajstić information content (AvgIpc) is 2.86. The van der Waals surface area contributed by atoms with Gasteiger partial charge in [0.05, 0.1) is 5.75 Å². The van der Waals surface area contributed by atoms with Crippen molar-refractivity contribution in [1.29, 1.82) is 0 Å². The number of thioether (sulfide) groups is 1. The molecule has 0 unspecified atom stereocenters. The number of nitrogens with one attached hydrogen (secondary N) is 1. The maximum Gasteiger partial charge on any atom is 0.243 e. The summed E-state index contributed by atoms with van der Waals surface area (Å²) in [5.74, 6) is 1.29. The third-order valence-electron chi connectivity index (χ3n) is 5.73. The molecule has 35 heavy (non-hydrogen) atoms. The third kappa shape index (κ3) is 8.91. The molecule has 0 aliphatic rings. The number of rotatable bonds is 12. The predicted octanol–water partition coefficient (Wildman–Crippen LogP) is 5.64. The molecule has 5 heteroatoms. The summed E-state index contributed by atoms with van der Waals surface area (Å²) in [5.41, 5.74) is 4.39. The fourth-order valence-electron chi connectivity index (χ4n) is 3.90. The van der Waals surface area contributed by atoms with E-state index >= 15 is 0 Å². The first-order valence-electron chi connectivity index (χ1n) is 12.2. The molecular formula is C30H36N2O2S. The summed E-state index contributed by atoms with van der Waals surface area (Å²) in [7, 11) is 0. The Morgan fingerprint density at radius 1 is 0.857 bits per heavy atom. The highest BCUT2D eigenvalue weighted by Gasteiger charge is 2.30. The molecule has 184 valence electrons. The zero-order valence-corrected chi connectivity index (χ0v) is 21.8. The van der Waals surface area contributed by atoms with Gasteiger partial charge >= 0.3 is 0 Å². The van der Waals surface area contributed by atoms with Crippen LogP contribution in [0.4, 0.5) is 0 Å². The molecule has 3 aromatic rings. The van der Waals surface area contributed by atoms with Gasteiger partial charge < -0.3 is 10.2 Å². The van der Waals surface area contributed by atoms with Crippen LogP contribution in [0.15, 0.2) is 84.9 Å². The molecule has 3 rings (SSSR count). The molecule has 0 aromatic heterocycles. The summed E-state index contributed by atoms with van der Waals surface area (Å²) in [6, 6.07) is 27.7. The first-order chi connectivity index (χ1) is 16.9. The lowest BCUT2D eigenvalue weighted by Crippen LogP contribution is -2.51. The summed E-state index contributed by atoms with van der Waals surface area (Å²) < 4.78 is 0. The van der Waals surface area contributed by atoms with E-state index in [0.717, 1.165) is 22.4 Å². The predicted molar refractivity (Wildman–Crippen MR) is 146 cm³/mol. The van der Waals surface area contributed by atoms with Gasteiger partial charge in [-0.2, -0.15) is 0 Å². The number of carbonyl (C=O) groups excluding carboxylic acids is 2. The smallest absolute Gasteiger partial charge is 0.243 e. The summed E-state index contributed by atoms with van der Waals surface area (Å²) in [6.07, 6.45) is 0.478. The monoisotopic (exact) mass is 488 g/mol. The summed E-state index contributed by atoms with van der Waals surface area (Å²) in [5, 5.41) is 3.08. The third-order valence-corrected chi connectivity index (χ3v) is 6.72. The Morgan fingerprint density at radius 2 is 1.49 bits per heavy atom. The largest absolute Gasteiger partial charge is 0.354 e. The molecule has 1 N–H and O–H groups in total. The first kappa shape index (κ1) is 26.6. The molecule has 3 aromatic carbocycles. The number of carbonyl (C=O) groups is 2. The van der Waals surface area contributed by atoms with Crippen LogP contribution in [0.3, 0.4) is 0 Å². The molecule has 0 aliphatic heterocycles. The van der Waals surface area contributed by atoms with E-state index in [0.29, 0.717) is 31.2 Å². The minimum Gasteiger partial charge on any atom is -0.354 e. The SMILES string of the molecule is Cc1cccc(CN(C(=O)CSCc2ccccc2)[C@H](Cc2ccccc2)C(=O)NCC(C)C)c1. The molecule has 0 radical (unpaired) electrons. The van der Waals surface area contributed by atoms with Gasteiger partial charge in [-0.25, -0.2) is 0 Å². The van der Waals surface area contributed by atoms with Crippen molar-refractivity contribution in [3.05, 3.63) is 107 Å². The number of amides is 2. The van der Waals surface area contributed by atoms with Crippen LogP contribution >= 0.6 is 11.8 Å². The second-order valence-corrected chi connectivity index (χ2v) is 10.3. The molecule has 0 saturated heterocycles. The van der Waals surface area contributed by atoms with Crippen molar-refractivity contribution in [1.82, 2.24) is 10.2 Å². The van der Waals surface area contributed by atoms with Crippen LogP contribution in [-0.2, 0) is 28.3 Å². The van der Waals surface area contributed by atoms with Gasteiger partial charge in [0.2, 0.25) is 11.8 Å². The van der Waals surface area contributed by atoms with E-state index in [9.17, 15) is 9.59 Å². The zero-order valence-electron chi connectivity index (χ0n) is 20.9. The Balaban J connectivity index is 1.84. The van der Waals surface area contributed by atoms with Crippen molar-refractivity contribution in [3.8, 4) is 0 Å². The van der Waals surface area contributed by atoms with Gasteiger partial charge in [-0.3, -0.25) is 9.59 Å². The second kappa shape index (κ2) is 13.7. The number of hydrogen-bond acceptors (Lipinski definition) is 3. The van der Waals surface area contributed by atoms with Crippen molar-refractivity contribution < 1.29 is 9.59 Å². The highest BCUT2D eigenvalue weighted by atomic mass is 32.2. The number of benzene rings is 3. The lowest BCUT2D eigenvalue weighted by atomic mass is 10.0. The van der Waals surface area contributed by atoms with Gasteiger partial charge in [-0.1, -0.05) is 104 Å². The van der Waals surface area contributed by atoms with Crippen molar-refractivity contribution in [3.63, 3.8) is 0 Å². The first-order valence-corrected chi connectivity index (χ1v) is 13.4. The van der Waals surface area contributed by atoms with E-state index in [2.05, 4.69) is 37.4 Å². The van der Waals surface area contributed by atoms with Crippen molar-refractivity contribution in [2.24, 2.45) is 5.92 Å². The minimum absolute atomic E-state index is 0.0203. The molecule has 0 heterocycles. The molecule has 2 amide bonds. The molecular weight excluding hydrogens is 452 g/mol. The summed E-state index contributed by atoms with van der Waals surface area (Å²) in [4.78, 5) is 28.8. The van der Waals surface area contributed by atoms with Gasteiger partial charge in [0.25, 0.3) is 0 Å². The summed E-state index contributed by atoms with van der Waals surface area (Å²) >= 11 is 1.59. The molecule has 4 nitrogen and oxygen atoms in total. The van der Waals surface area contributed by atoms with Gasteiger partial charge in [0.1, 0.15) is 6.04 Å². The minimum atomic E-state index is -0.582. The van der Waals surface area contributed by atoms with Crippen molar-refractivity contribution >= 4 is 23.6 Å². The maximum atomic E-state index is 13.6. The molecule has 0 spiro atoms. The number of aryl methyl sites for hydroxylation is 1. The normalized spacial score (nSPS) is 11.8. The van der Waals surface area contributed by atoms with E-state index < -0.39 is 6.04 Å². The van der Waals surface area contributed by atoms with E-state index in [1.165, 1.54) is 5.56 Å². The molecule has 0 aliphatic carbocycles. The van der Waals surface area contributed by atoms with Crippen LogP contribution in [0.1, 0.15) is 36.1 Å². The van der Waals surface area contributed by atoms with E-state index in [-0.39, 0.29) is 11.8 Å². The highest BCUT2D eigenvalue weighted by Crippen LogP contribution is 2.19. The quantitative estimate of drug-likeness (QED) is 0.359. The molecule has 0 saturated carbocycles. The molecule has 1 atom stereocenters. The van der Waals surface area contributed by atoms with Crippen molar-refractivity contribution in [2.45, 2.75) is 45.5 Å². The number of nitrogens with zero attached hydrogens (tertiary/aromatic N) is 1. The summed E-state index contributed by atoms with van der Waals surface area (Å²) in [6.45, 7) is 7.17. The second-order valence-electron chi connectivity index (χ2n) is 9.33. The Bertz CT molecular complexity index is 1070. The Hall–Kier alpha value is -3.05.